The van der Waals surface area contributed by atoms with E-state index < -0.39 is 60.2 Å². The summed E-state index contributed by atoms with van der Waals surface area (Å²) in [6.07, 6.45) is 3.39. The number of halogens is 2. The number of ether oxygens (including phenoxy) is 8. The SMILES string of the molecule is CC(=O)OC[C@H]1O[C@@H](OCCN(C)C(=O)CCCCc2cc(Cl)c(COC3(c4cnccc4-c4ccccc4OC4CC4)CC3)cc2Cl)[C@H](OC(C)=O)[C@@H](OC(C)=O)[C@@H]1OC(C)=O. The number of carbonyl (C=O) groups excluding carboxylic acids is 5. The maximum atomic E-state index is 13.1. The molecule has 1 saturated heterocycles. The highest BCUT2D eigenvalue weighted by Crippen LogP contribution is 2.53. The van der Waals surface area contributed by atoms with Crippen LogP contribution in [-0.4, -0.2) is 103 Å². The van der Waals surface area contributed by atoms with Gasteiger partial charge in [0.05, 0.1) is 24.9 Å². The minimum absolute atomic E-state index is 0.0754. The van der Waals surface area contributed by atoms with Crippen LogP contribution in [0.4, 0.5) is 0 Å². The molecule has 0 N–H and O–H groups in total. The maximum absolute atomic E-state index is 13.1. The molecule has 17 heteroatoms. The summed E-state index contributed by atoms with van der Waals surface area (Å²) in [6, 6.07) is 13.8. The topological polar surface area (TPSA) is 175 Å². The van der Waals surface area contributed by atoms with Gasteiger partial charge in [-0.15, -0.1) is 0 Å². The van der Waals surface area contributed by atoms with E-state index in [4.69, 9.17) is 61.1 Å². The van der Waals surface area contributed by atoms with Gasteiger partial charge in [-0.05, 0) is 85.9 Å². The van der Waals surface area contributed by atoms with Crippen LogP contribution < -0.4 is 4.74 Å². The Morgan fingerprint density at radius 2 is 1.49 bits per heavy atom. The monoisotopic (exact) mass is 912 g/mol. The summed E-state index contributed by atoms with van der Waals surface area (Å²) >= 11 is 13.6. The average molecular weight is 914 g/mol. The fourth-order valence-corrected chi connectivity index (χ4v) is 7.96. The van der Waals surface area contributed by atoms with E-state index in [0.29, 0.717) is 29.3 Å². The van der Waals surface area contributed by atoms with Crippen LogP contribution in [0.15, 0.2) is 54.9 Å². The summed E-state index contributed by atoms with van der Waals surface area (Å²) in [4.78, 5) is 66.9. The largest absolute Gasteiger partial charge is 0.490 e. The van der Waals surface area contributed by atoms with Gasteiger partial charge in [-0.2, -0.15) is 0 Å². The zero-order valence-corrected chi connectivity index (χ0v) is 37.6. The van der Waals surface area contributed by atoms with Gasteiger partial charge in [0.2, 0.25) is 5.91 Å². The lowest BCUT2D eigenvalue weighted by Crippen LogP contribution is -2.63. The van der Waals surface area contributed by atoms with Crippen molar-refractivity contribution in [3.05, 3.63) is 81.6 Å². The summed E-state index contributed by atoms with van der Waals surface area (Å²) in [7, 11) is 1.62. The number of nitrogens with zero attached hydrogens (tertiary/aromatic N) is 2. The van der Waals surface area contributed by atoms with Crippen molar-refractivity contribution in [1.82, 2.24) is 9.88 Å². The summed E-state index contributed by atoms with van der Waals surface area (Å²) in [5.74, 6) is -2.15. The number of hydrogen-bond acceptors (Lipinski definition) is 14. The Labute approximate surface area is 376 Å². The first-order chi connectivity index (χ1) is 30.1. The molecule has 1 amide bonds. The summed E-state index contributed by atoms with van der Waals surface area (Å²) in [5.41, 5.74) is 4.24. The van der Waals surface area contributed by atoms with Crippen LogP contribution in [0.5, 0.6) is 5.75 Å². The van der Waals surface area contributed by atoms with Gasteiger partial charge in [0.25, 0.3) is 0 Å². The van der Waals surface area contributed by atoms with E-state index in [1.165, 1.54) is 11.8 Å². The van der Waals surface area contributed by atoms with Gasteiger partial charge in [0, 0.05) is 81.3 Å². The standard InChI is InChI=1S/C46H54Cl2N2O13/c1-27(51)57-26-40-42(59-28(2)52)43(60-29(3)53)44(61-30(4)54)45(63-40)56-21-20-50(5)41(55)13-9-6-10-31-22-38(48)32(23-37(31)47)25-58-46(17-18-46)36-24-49-19-16-34(36)35-11-7-8-12-39(35)62-33-14-15-33/h7-8,11-12,16,19,22-24,33,40,42-45H,6,9-10,13-15,17-18,20-21,25-26H2,1-5H3/t40-,42-,43+,44-,45-/m1/s1. The van der Waals surface area contributed by atoms with Crippen molar-refractivity contribution in [3.63, 3.8) is 0 Å². The van der Waals surface area contributed by atoms with E-state index in [-0.39, 0.29) is 44.8 Å². The Kier molecular flexibility index (Phi) is 16.4. The van der Waals surface area contributed by atoms with Crippen LogP contribution in [0.25, 0.3) is 11.1 Å². The molecule has 3 fully saturated rings. The van der Waals surface area contributed by atoms with Crippen LogP contribution in [0.2, 0.25) is 10.0 Å². The molecule has 340 valence electrons. The lowest BCUT2D eigenvalue weighted by atomic mass is 9.96. The number of benzene rings is 2. The second-order valence-corrected chi connectivity index (χ2v) is 16.8. The van der Waals surface area contributed by atoms with Crippen molar-refractivity contribution in [2.24, 2.45) is 0 Å². The van der Waals surface area contributed by atoms with Crippen LogP contribution in [0.1, 0.15) is 89.3 Å². The molecule has 6 rings (SSSR count). The Bertz CT molecular complexity index is 2130. The molecule has 15 nitrogen and oxygen atoms in total. The second kappa shape index (κ2) is 21.7. The molecule has 3 aromatic rings. The molecule has 2 aliphatic carbocycles. The number of aryl methyl sites for hydroxylation is 1. The van der Waals surface area contributed by atoms with Crippen molar-refractivity contribution in [3.8, 4) is 16.9 Å². The number of carbonyl (C=O) groups is 5. The molecule has 0 radical (unpaired) electrons. The average Bonchev–Trinajstić information content (AvgIpc) is 4.19. The fraction of sp³-hybridized carbons (Fsp3) is 0.522. The van der Waals surface area contributed by atoms with Gasteiger partial charge in [-0.1, -0.05) is 41.4 Å². The van der Waals surface area contributed by atoms with Gasteiger partial charge in [-0.25, -0.2) is 0 Å². The van der Waals surface area contributed by atoms with E-state index in [1.54, 1.807) is 13.2 Å². The Hall–Kier alpha value is -4.80. The molecule has 2 heterocycles. The number of hydrogen-bond donors (Lipinski definition) is 0. The molecule has 0 unspecified atom stereocenters. The number of unbranched alkanes of at least 4 members (excludes halogenated alkanes) is 1. The van der Waals surface area contributed by atoms with Crippen LogP contribution in [0, 0.1) is 0 Å². The van der Waals surface area contributed by atoms with E-state index in [0.717, 1.165) is 80.0 Å². The van der Waals surface area contributed by atoms with E-state index in [1.807, 2.05) is 42.6 Å². The second-order valence-electron chi connectivity index (χ2n) is 16.0. The first-order valence-corrected chi connectivity index (χ1v) is 21.9. The van der Waals surface area contributed by atoms with E-state index in [9.17, 15) is 24.0 Å². The predicted octanol–water partition coefficient (Wildman–Crippen LogP) is 7.07. The highest BCUT2D eigenvalue weighted by molar-refractivity contribution is 6.34. The van der Waals surface area contributed by atoms with Crippen molar-refractivity contribution in [2.45, 2.75) is 128 Å². The fourth-order valence-electron chi connectivity index (χ4n) is 7.44. The molecule has 2 saturated carbocycles. The van der Waals surface area contributed by atoms with Crippen molar-refractivity contribution >= 4 is 53.0 Å². The lowest BCUT2D eigenvalue weighted by molar-refractivity contribution is -0.308. The highest BCUT2D eigenvalue weighted by atomic mass is 35.5. The molecule has 1 aromatic heterocycles. The number of pyridine rings is 1. The van der Waals surface area contributed by atoms with Crippen LogP contribution in [-0.2, 0) is 75.8 Å². The Morgan fingerprint density at radius 1 is 0.825 bits per heavy atom. The molecule has 63 heavy (non-hydrogen) atoms. The van der Waals surface area contributed by atoms with Gasteiger partial charge < -0.3 is 42.8 Å². The number of aromatic nitrogens is 1. The zero-order valence-electron chi connectivity index (χ0n) is 36.1. The number of likely N-dealkylation sites (N-methyl/N-ethyl adjacent to an activating group) is 1. The summed E-state index contributed by atoms with van der Waals surface area (Å²) < 4.78 is 46.1. The third-order valence-electron chi connectivity index (χ3n) is 10.9. The summed E-state index contributed by atoms with van der Waals surface area (Å²) in [5, 5.41) is 1.12. The highest BCUT2D eigenvalue weighted by Gasteiger charge is 2.53. The third-order valence-corrected chi connectivity index (χ3v) is 11.6. The molecule has 0 spiro atoms. The smallest absolute Gasteiger partial charge is 0.303 e. The maximum Gasteiger partial charge on any atom is 0.303 e. The summed E-state index contributed by atoms with van der Waals surface area (Å²) in [6.45, 7) is 4.54. The molecular weight excluding hydrogens is 859 g/mol. The van der Waals surface area contributed by atoms with Gasteiger partial charge in [0.15, 0.2) is 24.6 Å². The molecular formula is C46H54Cl2N2O13. The van der Waals surface area contributed by atoms with Crippen LogP contribution in [0.3, 0.4) is 0 Å². The minimum atomic E-state index is -1.36. The Balaban J connectivity index is 0.989. The van der Waals surface area contributed by atoms with Crippen molar-refractivity contribution < 1.29 is 61.9 Å². The third kappa shape index (κ3) is 13.1. The van der Waals surface area contributed by atoms with Gasteiger partial charge in [0.1, 0.15) is 18.5 Å². The molecule has 0 bridgehead atoms. The molecule has 2 aromatic carbocycles. The quantitative estimate of drug-likeness (QED) is 0.0603. The lowest BCUT2D eigenvalue weighted by Gasteiger charge is -2.44. The first kappa shape index (κ1) is 47.7. The number of esters is 4. The van der Waals surface area contributed by atoms with Crippen molar-refractivity contribution in [1.29, 1.82) is 0 Å². The van der Waals surface area contributed by atoms with E-state index >= 15 is 0 Å². The Morgan fingerprint density at radius 3 is 2.17 bits per heavy atom. The van der Waals surface area contributed by atoms with Crippen molar-refractivity contribution in [2.75, 3.05) is 26.8 Å². The number of para-hydroxylation sites is 1. The predicted molar refractivity (Wildman–Crippen MR) is 229 cm³/mol. The molecule has 5 atom stereocenters. The minimum Gasteiger partial charge on any atom is -0.490 e. The van der Waals surface area contributed by atoms with Gasteiger partial charge in [-0.3, -0.25) is 29.0 Å². The van der Waals surface area contributed by atoms with E-state index in [2.05, 4.69) is 11.1 Å². The van der Waals surface area contributed by atoms with Crippen LogP contribution >= 0.6 is 23.2 Å². The molecule has 1 aliphatic heterocycles. The number of amides is 1. The zero-order chi connectivity index (χ0) is 45.3. The first-order valence-electron chi connectivity index (χ1n) is 21.1. The molecule has 3 aliphatic rings. The normalized spacial score (nSPS) is 21.2. The van der Waals surface area contributed by atoms with Gasteiger partial charge >= 0.3 is 23.9 Å². The number of rotatable bonds is 21.